The Balaban J connectivity index is 2.50. The van der Waals surface area contributed by atoms with Gasteiger partial charge >= 0.3 is 0 Å². The van der Waals surface area contributed by atoms with Crippen molar-refractivity contribution < 1.29 is 9.53 Å². The van der Waals surface area contributed by atoms with Gasteiger partial charge in [-0.1, -0.05) is 38.2 Å². The quantitative estimate of drug-likeness (QED) is 0.750. The lowest BCUT2D eigenvalue weighted by molar-refractivity contribution is -0.123. The molecule has 104 valence electrons. The van der Waals surface area contributed by atoms with E-state index in [-0.39, 0.29) is 18.6 Å². The van der Waals surface area contributed by atoms with Gasteiger partial charge in [0, 0.05) is 11.6 Å². The lowest BCUT2D eigenvalue weighted by atomic mass is 10.2. The molecule has 3 N–H and O–H groups in total. The number of hydrogen-bond acceptors (Lipinski definition) is 3. The van der Waals surface area contributed by atoms with Crippen molar-refractivity contribution in [3.05, 3.63) is 29.8 Å². The van der Waals surface area contributed by atoms with Crippen LogP contribution in [0.3, 0.4) is 0 Å². The van der Waals surface area contributed by atoms with E-state index in [2.05, 4.69) is 5.32 Å². The Morgan fingerprint density at radius 2 is 2.11 bits per heavy atom. The zero-order chi connectivity index (χ0) is 14.3. The van der Waals surface area contributed by atoms with Crippen LogP contribution in [-0.2, 0) is 4.79 Å². The molecule has 0 aliphatic carbocycles. The van der Waals surface area contributed by atoms with Crippen LogP contribution in [-0.4, -0.2) is 23.5 Å². The van der Waals surface area contributed by atoms with Crippen LogP contribution in [0.4, 0.5) is 0 Å². The second kappa shape index (κ2) is 7.74. The van der Waals surface area contributed by atoms with Crippen molar-refractivity contribution in [1.29, 1.82) is 0 Å². The van der Waals surface area contributed by atoms with Crippen molar-refractivity contribution in [2.75, 3.05) is 6.61 Å². The molecule has 0 aromatic heterocycles. The van der Waals surface area contributed by atoms with Gasteiger partial charge in [-0.05, 0) is 25.0 Å². The number of carbonyl (C=O) groups is 1. The van der Waals surface area contributed by atoms with Gasteiger partial charge in [0.1, 0.15) is 10.7 Å². The molecule has 1 aromatic carbocycles. The molecule has 1 rings (SSSR count). The van der Waals surface area contributed by atoms with E-state index in [1.54, 1.807) is 24.3 Å². The summed E-state index contributed by atoms with van der Waals surface area (Å²) in [5.74, 6) is 0.472. The van der Waals surface area contributed by atoms with Gasteiger partial charge in [0.15, 0.2) is 6.61 Å². The van der Waals surface area contributed by atoms with Gasteiger partial charge in [0.05, 0.1) is 0 Å². The molecule has 19 heavy (non-hydrogen) atoms. The molecule has 5 heteroatoms. The molecular formula is C14H20N2O2S. The first kappa shape index (κ1) is 15.4. The monoisotopic (exact) mass is 280 g/mol. The van der Waals surface area contributed by atoms with Crippen LogP contribution in [0.25, 0.3) is 0 Å². The summed E-state index contributed by atoms with van der Waals surface area (Å²) in [5, 5.41) is 2.91. The minimum atomic E-state index is -0.116. The van der Waals surface area contributed by atoms with Crippen molar-refractivity contribution in [1.82, 2.24) is 5.32 Å². The third-order valence-corrected chi connectivity index (χ3v) is 3.07. The number of thiocarbonyl (C=S) groups is 1. The number of benzene rings is 1. The number of carbonyl (C=O) groups excluding carboxylic acids is 1. The molecule has 0 saturated carbocycles. The molecule has 0 aliphatic heterocycles. The number of amides is 1. The van der Waals surface area contributed by atoms with Crippen molar-refractivity contribution in [3.63, 3.8) is 0 Å². The van der Waals surface area contributed by atoms with Gasteiger partial charge in [-0.15, -0.1) is 0 Å². The second-order valence-electron chi connectivity index (χ2n) is 4.26. The highest BCUT2D eigenvalue weighted by Crippen LogP contribution is 2.13. The smallest absolute Gasteiger partial charge is 0.258 e. The van der Waals surface area contributed by atoms with Crippen LogP contribution in [0.5, 0.6) is 5.75 Å². The second-order valence-corrected chi connectivity index (χ2v) is 4.70. The molecule has 1 amide bonds. The molecule has 0 bridgehead atoms. The van der Waals surface area contributed by atoms with Gasteiger partial charge in [-0.2, -0.15) is 0 Å². The summed E-state index contributed by atoms with van der Waals surface area (Å²) in [6.45, 7) is 4.08. The van der Waals surface area contributed by atoms with Crippen LogP contribution in [0, 0.1) is 0 Å². The van der Waals surface area contributed by atoms with Crippen LogP contribution < -0.4 is 15.8 Å². The predicted octanol–water partition coefficient (Wildman–Crippen LogP) is 2.00. The largest absolute Gasteiger partial charge is 0.484 e. The molecule has 0 atom stereocenters. The summed E-state index contributed by atoms with van der Waals surface area (Å²) in [5.41, 5.74) is 6.27. The zero-order valence-corrected chi connectivity index (χ0v) is 12.1. The van der Waals surface area contributed by atoms with Gasteiger partial charge in [0.25, 0.3) is 5.91 Å². The van der Waals surface area contributed by atoms with E-state index < -0.39 is 0 Å². The topological polar surface area (TPSA) is 64.3 Å². The Labute approximate surface area is 119 Å². The number of nitrogens with two attached hydrogens (primary N) is 1. The molecule has 0 spiro atoms. The van der Waals surface area contributed by atoms with Crippen LogP contribution >= 0.6 is 12.2 Å². The average Bonchev–Trinajstić information content (AvgIpc) is 2.42. The molecule has 4 nitrogen and oxygen atoms in total. The zero-order valence-electron chi connectivity index (χ0n) is 11.3. The van der Waals surface area contributed by atoms with E-state index in [9.17, 15) is 4.79 Å². The van der Waals surface area contributed by atoms with Crippen molar-refractivity contribution in [3.8, 4) is 5.75 Å². The van der Waals surface area contributed by atoms with E-state index >= 15 is 0 Å². The first-order valence-corrected chi connectivity index (χ1v) is 6.79. The number of nitrogens with one attached hydrogen (secondary N) is 1. The maximum atomic E-state index is 11.7. The normalized spacial score (nSPS) is 10.3. The minimum absolute atomic E-state index is 0.00269. The standard InChI is InChI=1S/C14H20N2O2S/c1-3-11(4-2)16-13(17)9-18-12-7-5-6-10(8-12)14(15)19/h5-8,11H,3-4,9H2,1-2H3,(H2,15,19)(H,16,17). The Morgan fingerprint density at radius 3 is 2.68 bits per heavy atom. The third-order valence-electron chi connectivity index (χ3n) is 2.84. The van der Waals surface area contributed by atoms with Crippen LogP contribution in [0.15, 0.2) is 24.3 Å². The average molecular weight is 280 g/mol. The molecule has 1 aromatic rings. The first-order chi connectivity index (χ1) is 9.06. The fraction of sp³-hybridized carbons (Fsp3) is 0.429. The van der Waals surface area contributed by atoms with Crippen molar-refractivity contribution in [2.24, 2.45) is 5.73 Å². The Hall–Kier alpha value is -1.62. The molecular weight excluding hydrogens is 260 g/mol. The van der Waals surface area contributed by atoms with E-state index in [0.717, 1.165) is 18.4 Å². The number of rotatable bonds is 7. The maximum Gasteiger partial charge on any atom is 0.258 e. The molecule has 0 radical (unpaired) electrons. The first-order valence-electron chi connectivity index (χ1n) is 6.38. The Bertz CT molecular complexity index is 445. The summed E-state index contributed by atoms with van der Waals surface area (Å²) in [6.07, 6.45) is 1.83. The lowest BCUT2D eigenvalue weighted by Gasteiger charge is -2.15. The summed E-state index contributed by atoms with van der Waals surface area (Å²) in [4.78, 5) is 12.0. The fourth-order valence-electron chi connectivity index (χ4n) is 1.65. The van der Waals surface area contributed by atoms with Gasteiger partial charge < -0.3 is 15.8 Å². The minimum Gasteiger partial charge on any atom is -0.484 e. The van der Waals surface area contributed by atoms with E-state index in [1.165, 1.54) is 0 Å². The van der Waals surface area contributed by atoms with Crippen LogP contribution in [0.1, 0.15) is 32.3 Å². The molecule has 0 fully saturated rings. The SMILES string of the molecule is CCC(CC)NC(=O)COc1cccc(C(N)=S)c1. The van der Waals surface area contributed by atoms with Gasteiger partial charge in [0.2, 0.25) is 0 Å². The lowest BCUT2D eigenvalue weighted by Crippen LogP contribution is -2.37. The third kappa shape index (κ3) is 5.26. The van der Waals surface area contributed by atoms with E-state index in [1.807, 2.05) is 13.8 Å². The fourth-order valence-corrected chi connectivity index (χ4v) is 1.78. The molecule has 0 heterocycles. The van der Waals surface area contributed by atoms with E-state index in [0.29, 0.717) is 10.7 Å². The highest BCUT2D eigenvalue weighted by atomic mass is 32.1. The molecule has 0 saturated heterocycles. The predicted molar refractivity (Wildman–Crippen MR) is 80.3 cm³/mol. The summed E-state index contributed by atoms with van der Waals surface area (Å²) in [6, 6.07) is 7.31. The van der Waals surface area contributed by atoms with Crippen molar-refractivity contribution >= 4 is 23.1 Å². The highest BCUT2D eigenvalue weighted by Gasteiger charge is 2.09. The van der Waals surface area contributed by atoms with E-state index in [4.69, 9.17) is 22.7 Å². The number of hydrogen-bond donors (Lipinski definition) is 2. The Kier molecular flexibility index (Phi) is 6.29. The summed E-state index contributed by atoms with van der Waals surface area (Å²) < 4.78 is 5.42. The number of ether oxygens (including phenoxy) is 1. The molecule has 0 unspecified atom stereocenters. The Morgan fingerprint density at radius 1 is 1.42 bits per heavy atom. The van der Waals surface area contributed by atoms with Gasteiger partial charge in [-0.25, -0.2) is 0 Å². The van der Waals surface area contributed by atoms with Gasteiger partial charge in [-0.3, -0.25) is 4.79 Å². The maximum absolute atomic E-state index is 11.7. The molecule has 0 aliphatic rings. The summed E-state index contributed by atoms with van der Waals surface area (Å²) in [7, 11) is 0. The van der Waals surface area contributed by atoms with Crippen LogP contribution in [0.2, 0.25) is 0 Å². The summed E-state index contributed by atoms with van der Waals surface area (Å²) >= 11 is 4.89. The highest BCUT2D eigenvalue weighted by molar-refractivity contribution is 7.80. The van der Waals surface area contributed by atoms with Crippen molar-refractivity contribution in [2.45, 2.75) is 32.7 Å².